The molecule has 0 aliphatic heterocycles. The van der Waals surface area contributed by atoms with Crippen LogP contribution in [-0.2, 0) is 0 Å². The average molecular weight is 275 g/mol. The molecule has 0 spiro atoms. The van der Waals surface area contributed by atoms with Crippen molar-refractivity contribution in [3.8, 4) is 0 Å². The van der Waals surface area contributed by atoms with Crippen LogP contribution in [0.15, 0.2) is 35.3 Å². The Balaban J connectivity index is 2.36. The number of allylic oxidation sites excluding steroid dienone is 1. The van der Waals surface area contributed by atoms with Crippen molar-refractivity contribution >= 4 is 11.0 Å². The third-order valence-electron chi connectivity index (χ3n) is 3.55. The van der Waals surface area contributed by atoms with Crippen LogP contribution in [0.25, 0.3) is 11.0 Å². The predicted octanol–water partition coefficient (Wildman–Crippen LogP) is 4.89. The Kier molecular flexibility index (Phi) is 4.96. The molecule has 0 aliphatic carbocycles. The Bertz CT molecular complexity index is 588. The van der Waals surface area contributed by atoms with Gasteiger partial charge in [-0.15, -0.1) is 6.58 Å². The summed E-state index contributed by atoms with van der Waals surface area (Å²) in [6.07, 6.45) is 4.84. The number of rotatable bonds is 7. The number of hydrogen-bond acceptors (Lipinski definition) is 2. The maximum absolute atomic E-state index is 13.4. The van der Waals surface area contributed by atoms with Crippen molar-refractivity contribution in [3.63, 3.8) is 0 Å². The van der Waals surface area contributed by atoms with E-state index in [2.05, 4.69) is 18.8 Å². The monoisotopic (exact) mass is 275 g/mol. The molecule has 0 saturated carbocycles. The number of halogens is 1. The number of aryl methyl sites for hydroxylation is 1. The van der Waals surface area contributed by atoms with Crippen LogP contribution < -0.4 is 5.32 Å². The molecule has 20 heavy (non-hydrogen) atoms. The van der Waals surface area contributed by atoms with Crippen molar-refractivity contribution in [3.05, 3.63) is 48.0 Å². The summed E-state index contributed by atoms with van der Waals surface area (Å²) in [4.78, 5) is 0. The highest BCUT2D eigenvalue weighted by atomic mass is 19.1. The Morgan fingerprint density at radius 1 is 1.45 bits per heavy atom. The standard InChI is InChI=1S/C17H22FNO/c1-4-6-7-15(19-10-5-2)17-12(3)14-11-13(18)8-9-16(14)20-17/h4,8-9,11,15,19H,1,5-7,10H2,2-3H3. The number of nitrogens with one attached hydrogen (secondary N) is 1. The minimum absolute atomic E-state index is 0.156. The zero-order valence-electron chi connectivity index (χ0n) is 12.2. The molecule has 1 unspecified atom stereocenters. The lowest BCUT2D eigenvalue weighted by Gasteiger charge is -2.16. The molecule has 0 amide bonds. The SMILES string of the molecule is C=CCCC(NCCC)c1oc2ccc(F)cc2c1C. The van der Waals surface area contributed by atoms with E-state index < -0.39 is 0 Å². The summed E-state index contributed by atoms with van der Waals surface area (Å²) in [5.74, 6) is 0.693. The van der Waals surface area contributed by atoms with E-state index in [1.807, 2.05) is 13.0 Å². The Morgan fingerprint density at radius 2 is 2.25 bits per heavy atom. The molecule has 0 bridgehead atoms. The first-order valence-electron chi connectivity index (χ1n) is 7.20. The molecule has 2 nitrogen and oxygen atoms in total. The van der Waals surface area contributed by atoms with Gasteiger partial charge in [0.2, 0.25) is 0 Å². The van der Waals surface area contributed by atoms with Gasteiger partial charge < -0.3 is 9.73 Å². The van der Waals surface area contributed by atoms with E-state index in [-0.39, 0.29) is 11.9 Å². The Morgan fingerprint density at radius 3 is 2.95 bits per heavy atom. The van der Waals surface area contributed by atoms with Crippen LogP contribution in [0.1, 0.15) is 43.6 Å². The van der Waals surface area contributed by atoms with Crippen molar-refractivity contribution in [2.45, 2.75) is 39.2 Å². The molecular weight excluding hydrogens is 253 g/mol. The molecule has 1 atom stereocenters. The number of fused-ring (bicyclic) bond motifs is 1. The summed E-state index contributed by atoms with van der Waals surface area (Å²) in [5.41, 5.74) is 1.78. The van der Waals surface area contributed by atoms with Gasteiger partial charge in [-0.3, -0.25) is 0 Å². The van der Waals surface area contributed by atoms with E-state index in [1.165, 1.54) is 6.07 Å². The molecule has 3 heteroatoms. The van der Waals surface area contributed by atoms with Gasteiger partial charge in [0.25, 0.3) is 0 Å². The van der Waals surface area contributed by atoms with Crippen molar-refractivity contribution in [1.82, 2.24) is 5.32 Å². The molecule has 1 aromatic carbocycles. The van der Waals surface area contributed by atoms with E-state index in [0.29, 0.717) is 0 Å². The summed E-state index contributed by atoms with van der Waals surface area (Å²) in [6.45, 7) is 8.85. The van der Waals surface area contributed by atoms with Crippen molar-refractivity contribution in [1.29, 1.82) is 0 Å². The first-order valence-corrected chi connectivity index (χ1v) is 7.20. The fourth-order valence-electron chi connectivity index (χ4n) is 2.47. The molecule has 1 heterocycles. The lowest BCUT2D eigenvalue weighted by Crippen LogP contribution is -2.22. The fourth-order valence-corrected chi connectivity index (χ4v) is 2.47. The Labute approximate surface area is 119 Å². The average Bonchev–Trinajstić information content (AvgIpc) is 2.76. The molecule has 2 rings (SSSR count). The summed E-state index contributed by atoms with van der Waals surface area (Å²) < 4.78 is 19.3. The van der Waals surface area contributed by atoms with Crippen LogP contribution in [0, 0.1) is 12.7 Å². The van der Waals surface area contributed by atoms with E-state index in [1.54, 1.807) is 12.1 Å². The van der Waals surface area contributed by atoms with Gasteiger partial charge in [-0.2, -0.15) is 0 Å². The molecule has 0 fully saturated rings. The van der Waals surface area contributed by atoms with E-state index in [9.17, 15) is 4.39 Å². The summed E-state index contributed by atoms with van der Waals surface area (Å²) in [6, 6.07) is 4.84. The lowest BCUT2D eigenvalue weighted by molar-refractivity contribution is 0.410. The van der Waals surface area contributed by atoms with Crippen molar-refractivity contribution < 1.29 is 8.81 Å². The first-order chi connectivity index (χ1) is 9.67. The number of furan rings is 1. The van der Waals surface area contributed by atoms with Gasteiger partial charge in [0.1, 0.15) is 17.2 Å². The largest absolute Gasteiger partial charge is 0.459 e. The summed E-state index contributed by atoms with van der Waals surface area (Å²) in [5, 5.41) is 4.36. The van der Waals surface area contributed by atoms with E-state index in [4.69, 9.17) is 4.42 Å². The predicted molar refractivity (Wildman–Crippen MR) is 81.4 cm³/mol. The summed E-state index contributed by atoms with van der Waals surface area (Å²) in [7, 11) is 0. The molecule has 1 N–H and O–H groups in total. The second-order valence-electron chi connectivity index (χ2n) is 5.10. The van der Waals surface area contributed by atoms with E-state index in [0.717, 1.165) is 48.1 Å². The second-order valence-corrected chi connectivity index (χ2v) is 5.10. The minimum Gasteiger partial charge on any atom is -0.459 e. The first kappa shape index (κ1) is 14.8. The van der Waals surface area contributed by atoms with Crippen LogP contribution in [0.2, 0.25) is 0 Å². The van der Waals surface area contributed by atoms with Gasteiger partial charge in [-0.05, 0) is 50.9 Å². The van der Waals surface area contributed by atoms with Crippen LogP contribution >= 0.6 is 0 Å². The van der Waals surface area contributed by atoms with E-state index >= 15 is 0 Å². The van der Waals surface area contributed by atoms with Crippen LogP contribution in [0.3, 0.4) is 0 Å². The molecule has 0 saturated heterocycles. The molecule has 0 aliphatic rings. The summed E-state index contributed by atoms with van der Waals surface area (Å²) >= 11 is 0. The quantitative estimate of drug-likeness (QED) is 0.728. The van der Waals surface area contributed by atoms with Gasteiger partial charge in [0, 0.05) is 10.9 Å². The van der Waals surface area contributed by atoms with Gasteiger partial charge in [0.15, 0.2) is 0 Å². The second kappa shape index (κ2) is 6.71. The normalized spacial score (nSPS) is 12.8. The van der Waals surface area contributed by atoms with Gasteiger partial charge in [0.05, 0.1) is 6.04 Å². The van der Waals surface area contributed by atoms with Crippen molar-refractivity contribution in [2.24, 2.45) is 0 Å². The highest BCUT2D eigenvalue weighted by Crippen LogP contribution is 2.32. The highest BCUT2D eigenvalue weighted by molar-refractivity contribution is 5.82. The van der Waals surface area contributed by atoms with Crippen LogP contribution in [0.4, 0.5) is 4.39 Å². The highest BCUT2D eigenvalue weighted by Gasteiger charge is 2.19. The maximum atomic E-state index is 13.4. The minimum atomic E-state index is -0.225. The number of hydrogen-bond donors (Lipinski definition) is 1. The van der Waals surface area contributed by atoms with Gasteiger partial charge >= 0.3 is 0 Å². The molecule has 1 aromatic heterocycles. The maximum Gasteiger partial charge on any atom is 0.134 e. The fraction of sp³-hybridized carbons (Fsp3) is 0.412. The van der Waals surface area contributed by atoms with Crippen LogP contribution in [0.5, 0.6) is 0 Å². The zero-order chi connectivity index (χ0) is 14.5. The van der Waals surface area contributed by atoms with Crippen molar-refractivity contribution in [2.75, 3.05) is 6.54 Å². The topological polar surface area (TPSA) is 25.2 Å². The molecular formula is C17H22FNO. The third kappa shape index (κ3) is 3.10. The van der Waals surface area contributed by atoms with Crippen LogP contribution in [-0.4, -0.2) is 6.54 Å². The molecule has 2 aromatic rings. The number of benzene rings is 1. The lowest BCUT2D eigenvalue weighted by atomic mass is 10.0. The van der Waals surface area contributed by atoms with Gasteiger partial charge in [-0.25, -0.2) is 4.39 Å². The Hall–Kier alpha value is -1.61. The molecule has 108 valence electrons. The zero-order valence-corrected chi connectivity index (χ0v) is 12.2. The smallest absolute Gasteiger partial charge is 0.134 e. The van der Waals surface area contributed by atoms with Gasteiger partial charge in [-0.1, -0.05) is 13.0 Å². The third-order valence-corrected chi connectivity index (χ3v) is 3.55. The molecule has 0 radical (unpaired) electrons.